The van der Waals surface area contributed by atoms with Crippen LogP contribution in [0.15, 0.2) is 0 Å². The molecule has 6 nitrogen and oxygen atoms in total. The van der Waals surface area contributed by atoms with E-state index in [4.69, 9.17) is 5.11 Å². The number of hydrogen-bond acceptors (Lipinski definition) is 4. The van der Waals surface area contributed by atoms with Crippen LogP contribution in [0, 0.1) is 0 Å². The molecule has 0 radical (unpaired) electrons. The molecule has 0 heterocycles. The summed E-state index contributed by atoms with van der Waals surface area (Å²) in [4.78, 5) is 10.1. The van der Waals surface area contributed by atoms with Gasteiger partial charge in [0, 0.05) is 13.1 Å². The molecule has 0 amide bonds. The number of carbonyl (C=O) groups is 1. The van der Waals surface area contributed by atoms with E-state index in [1.54, 1.807) is 0 Å². The first kappa shape index (κ1) is 12.3. The van der Waals surface area contributed by atoms with Crippen LogP contribution in [0.25, 0.3) is 0 Å². The summed E-state index contributed by atoms with van der Waals surface area (Å²) in [6.45, 7) is 3.35. The Morgan fingerprint density at radius 2 is 2.00 bits per heavy atom. The Morgan fingerprint density at radius 1 is 1.38 bits per heavy atom. The Kier molecular flexibility index (Phi) is 5.60. The van der Waals surface area contributed by atoms with Crippen molar-refractivity contribution >= 4 is 16.0 Å². The molecule has 7 heteroatoms. The maximum absolute atomic E-state index is 10.9. The van der Waals surface area contributed by atoms with Crippen LogP contribution in [0.5, 0.6) is 0 Å². The van der Waals surface area contributed by atoms with Gasteiger partial charge in [-0.2, -0.15) is 0 Å². The minimum atomic E-state index is -3.65. The second-order valence-electron chi connectivity index (χ2n) is 2.40. The average Bonchev–Trinajstić information content (AvgIpc) is 1.95. The molecular formula is C6H14N2O4S. The Labute approximate surface area is 77.4 Å². The minimum Gasteiger partial charge on any atom is -0.480 e. The monoisotopic (exact) mass is 210 g/mol. The highest BCUT2D eigenvalue weighted by atomic mass is 32.2. The Morgan fingerprint density at radius 3 is 2.46 bits per heavy atom. The summed E-state index contributed by atoms with van der Waals surface area (Å²) < 4.78 is 23.9. The lowest BCUT2D eigenvalue weighted by Crippen LogP contribution is -2.35. The number of rotatable bonds is 7. The molecule has 3 N–H and O–H groups in total. The van der Waals surface area contributed by atoms with Crippen LogP contribution in [0.2, 0.25) is 0 Å². The lowest BCUT2D eigenvalue weighted by atomic mass is 10.6. The summed E-state index contributed by atoms with van der Waals surface area (Å²) in [6.07, 6.45) is 0. The SMILES string of the molecule is CCNCCNS(=O)(=O)CC(=O)O. The van der Waals surface area contributed by atoms with Crippen molar-refractivity contribution in [1.29, 1.82) is 0 Å². The van der Waals surface area contributed by atoms with Crippen LogP contribution < -0.4 is 10.0 Å². The number of aliphatic carboxylic acids is 1. The molecule has 0 saturated carbocycles. The van der Waals surface area contributed by atoms with E-state index < -0.39 is 21.7 Å². The van der Waals surface area contributed by atoms with Crippen LogP contribution in [0.4, 0.5) is 0 Å². The van der Waals surface area contributed by atoms with Crippen molar-refractivity contribution in [3.05, 3.63) is 0 Å². The number of carboxylic acid groups (broad SMARTS) is 1. The molecule has 0 spiro atoms. The predicted molar refractivity (Wildman–Crippen MR) is 48.0 cm³/mol. The normalized spacial score (nSPS) is 11.5. The first-order chi connectivity index (χ1) is 5.98. The first-order valence-electron chi connectivity index (χ1n) is 3.88. The van der Waals surface area contributed by atoms with Gasteiger partial charge in [-0.1, -0.05) is 6.92 Å². The third-order valence-corrected chi connectivity index (χ3v) is 2.46. The van der Waals surface area contributed by atoms with E-state index >= 15 is 0 Å². The van der Waals surface area contributed by atoms with Crippen LogP contribution in [-0.4, -0.2) is 44.9 Å². The van der Waals surface area contributed by atoms with Gasteiger partial charge in [-0.15, -0.1) is 0 Å². The van der Waals surface area contributed by atoms with Crippen LogP contribution in [-0.2, 0) is 14.8 Å². The molecule has 0 unspecified atom stereocenters. The third kappa shape index (κ3) is 7.69. The zero-order chi connectivity index (χ0) is 10.3. The van der Waals surface area contributed by atoms with Gasteiger partial charge in [0.15, 0.2) is 5.75 Å². The summed E-state index contributed by atoms with van der Waals surface area (Å²) in [7, 11) is -3.65. The van der Waals surface area contributed by atoms with Crippen LogP contribution in [0.1, 0.15) is 6.92 Å². The number of sulfonamides is 1. The van der Waals surface area contributed by atoms with E-state index in [2.05, 4.69) is 10.0 Å². The molecule has 0 saturated heterocycles. The predicted octanol–water partition coefficient (Wildman–Crippen LogP) is -1.40. The van der Waals surface area contributed by atoms with Crippen molar-refractivity contribution in [2.75, 3.05) is 25.4 Å². The van der Waals surface area contributed by atoms with E-state index in [0.29, 0.717) is 6.54 Å². The molecule has 0 bridgehead atoms. The molecular weight excluding hydrogens is 196 g/mol. The van der Waals surface area contributed by atoms with Crippen molar-refractivity contribution in [3.8, 4) is 0 Å². The average molecular weight is 210 g/mol. The molecule has 0 aromatic carbocycles. The van der Waals surface area contributed by atoms with Gasteiger partial charge in [-0.05, 0) is 6.54 Å². The van der Waals surface area contributed by atoms with Crippen LogP contribution >= 0.6 is 0 Å². The molecule has 13 heavy (non-hydrogen) atoms. The zero-order valence-electron chi connectivity index (χ0n) is 7.41. The number of likely N-dealkylation sites (N-methyl/N-ethyl adjacent to an activating group) is 1. The highest BCUT2D eigenvalue weighted by molar-refractivity contribution is 7.90. The molecule has 0 aromatic rings. The molecule has 0 aliphatic rings. The molecule has 0 atom stereocenters. The fourth-order valence-electron chi connectivity index (χ4n) is 0.685. The maximum atomic E-state index is 10.9. The van der Waals surface area contributed by atoms with Crippen LogP contribution in [0.3, 0.4) is 0 Å². The van der Waals surface area contributed by atoms with Crippen molar-refractivity contribution in [2.45, 2.75) is 6.92 Å². The van der Waals surface area contributed by atoms with E-state index in [-0.39, 0.29) is 6.54 Å². The summed E-state index contributed by atoms with van der Waals surface area (Å²) in [5.74, 6) is -2.23. The lowest BCUT2D eigenvalue weighted by molar-refractivity contribution is -0.134. The van der Waals surface area contributed by atoms with E-state index in [0.717, 1.165) is 6.54 Å². The molecule has 0 rings (SSSR count). The van der Waals surface area contributed by atoms with Gasteiger partial charge < -0.3 is 10.4 Å². The van der Waals surface area contributed by atoms with Gasteiger partial charge in [-0.3, -0.25) is 4.79 Å². The van der Waals surface area contributed by atoms with Crippen molar-refractivity contribution in [2.24, 2.45) is 0 Å². The molecule has 78 valence electrons. The van der Waals surface area contributed by atoms with Crippen molar-refractivity contribution in [3.63, 3.8) is 0 Å². The quantitative estimate of drug-likeness (QED) is 0.449. The molecule has 0 aromatic heterocycles. The fourth-order valence-corrected chi connectivity index (χ4v) is 1.53. The first-order valence-corrected chi connectivity index (χ1v) is 5.53. The van der Waals surface area contributed by atoms with Gasteiger partial charge in [0.2, 0.25) is 10.0 Å². The molecule has 0 aliphatic heterocycles. The topological polar surface area (TPSA) is 95.5 Å². The number of nitrogens with one attached hydrogen (secondary N) is 2. The second kappa shape index (κ2) is 5.90. The van der Waals surface area contributed by atoms with Gasteiger partial charge in [-0.25, -0.2) is 13.1 Å². The standard InChI is InChI=1S/C6H14N2O4S/c1-2-7-3-4-8-13(11,12)5-6(9)10/h7-8H,2-5H2,1H3,(H,9,10). The number of hydrogen-bond donors (Lipinski definition) is 3. The largest absolute Gasteiger partial charge is 0.480 e. The highest BCUT2D eigenvalue weighted by Gasteiger charge is 2.13. The van der Waals surface area contributed by atoms with E-state index in [1.807, 2.05) is 6.92 Å². The zero-order valence-corrected chi connectivity index (χ0v) is 8.23. The van der Waals surface area contributed by atoms with Crippen molar-refractivity contribution < 1.29 is 18.3 Å². The summed E-state index contributed by atoms with van der Waals surface area (Å²) >= 11 is 0. The summed E-state index contributed by atoms with van der Waals surface area (Å²) in [5, 5.41) is 11.1. The van der Waals surface area contributed by atoms with Gasteiger partial charge in [0.25, 0.3) is 0 Å². The molecule has 0 aliphatic carbocycles. The maximum Gasteiger partial charge on any atom is 0.320 e. The Hall–Kier alpha value is -0.660. The summed E-state index contributed by atoms with van der Waals surface area (Å²) in [6, 6.07) is 0. The summed E-state index contributed by atoms with van der Waals surface area (Å²) in [5.41, 5.74) is 0. The Balaban J connectivity index is 3.71. The smallest absolute Gasteiger partial charge is 0.320 e. The lowest BCUT2D eigenvalue weighted by Gasteiger charge is -2.04. The second-order valence-corrected chi connectivity index (χ2v) is 4.21. The van der Waals surface area contributed by atoms with E-state index in [9.17, 15) is 13.2 Å². The van der Waals surface area contributed by atoms with Crippen molar-refractivity contribution in [1.82, 2.24) is 10.0 Å². The number of carboxylic acids is 1. The molecule has 0 fully saturated rings. The minimum absolute atomic E-state index is 0.212. The van der Waals surface area contributed by atoms with Gasteiger partial charge in [0.05, 0.1) is 0 Å². The van der Waals surface area contributed by atoms with E-state index in [1.165, 1.54) is 0 Å². The van der Waals surface area contributed by atoms with Gasteiger partial charge >= 0.3 is 5.97 Å². The highest BCUT2D eigenvalue weighted by Crippen LogP contribution is 1.82. The third-order valence-electron chi connectivity index (χ3n) is 1.19. The van der Waals surface area contributed by atoms with Gasteiger partial charge in [0.1, 0.15) is 0 Å². The Bertz CT molecular complexity index is 249. The fraction of sp³-hybridized carbons (Fsp3) is 0.833.